The van der Waals surface area contributed by atoms with Gasteiger partial charge in [-0.15, -0.1) is 0 Å². The number of amides is 1. The highest BCUT2D eigenvalue weighted by Crippen LogP contribution is 2.24. The summed E-state index contributed by atoms with van der Waals surface area (Å²) in [6.07, 6.45) is 1.83. The molecule has 8 nitrogen and oxygen atoms in total. The number of carbonyl (C=O) groups is 2. The van der Waals surface area contributed by atoms with Crippen LogP contribution in [0.2, 0.25) is 0 Å². The molecule has 0 aliphatic carbocycles. The van der Waals surface area contributed by atoms with E-state index in [1.807, 2.05) is 0 Å². The molecule has 1 amide bonds. The molecule has 1 heterocycles. The van der Waals surface area contributed by atoms with Gasteiger partial charge in [-0.1, -0.05) is 25.1 Å². The van der Waals surface area contributed by atoms with Crippen molar-refractivity contribution in [1.82, 2.24) is 10.3 Å². The first-order valence-corrected chi connectivity index (χ1v) is 10.7. The Morgan fingerprint density at radius 2 is 1.87 bits per heavy atom. The Labute approximate surface area is 174 Å². The third-order valence-corrected chi connectivity index (χ3v) is 5.78. The van der Waals surface area contributed by atoms with E-state index in [1.165, 1.54) is 25.4 Å². The Balaban J connectivity index is 1.99. The third-order valence-electron chi connectivity index (χ3n) is 4.36. The number of nitrogens with zero attached hydrogens (tertiary/aromatic N) is 1. The Kier molecular flexibility index (Phi) is 6.31. The number of nitrogens with one attached hydrogen (secondary N) is 2. The quantitative estimate of drug-likeness (QED) is 0.561. The largest absolute Gasteiger partial charge is 0.465 e. The van der Waals surface area contributed by atoms with Crippen molar-refractivity contribution in [2.24, 2.45) is 0 Å². The molecule has 0 saturated heterocycles. The van der Waals surface area contributed by atoms with Crippen molar-refractivity contribution in [1.29, 1.82) is 0 Å². The molecule has 30 heavy (non-hydrogen) atoms. The molecule has 0 aliphatic rings. The molecule has 2 N–H and O–H groups in total. The number of carbonyl (C=O) groups excluding carboxylic acids is 2. The van der Waals surface area contributed by atoms with Crippen LogP contribution in [0.4, 0.5) is 5.69 Å². The maximum Gasteiger partial charge on any atom is 0.337 e. The molecule has 0 radical (unpaired) electrons. The van der Waals surface area contributed by atoms with Gasteiger partial charge in [0.2, 0.25) is 5.91 Å². The molecule has 9 heteroatoms. The number of esters is 1. The number of hydrogen-bond donors (Lipinski definition) is 2. The average Bonchev–Trinajstić information content (AvgIpc) is 2.75. The number of rotatable bonds is 7. The van der Waals surface area contributed by atoms with Gasteiger partial charge < -0.3 is 10.1 Å². The highest BCUT2D eigenvalue weighted by molar-refractivity contribution is 7.93. The topological polar surface area (TPSA) is 114 Å². The molecule has 1 aromatic heterocycles. The fraction of sp³-hybridized carbons (Fsp3) is 0.190. The number of anilines is 1. The molecule has 0 saturated carbocycles. The lowest BCUT2D eigenvalue weighted by molar-refractivity contribution is -0.120. The van der Waals surface area contributed by atoms with Gasteiger partial charge in [0.15, 0.2) is 0 Å². The van der Waals surface area contributed by atoms with Gasteiger partial charge in [-0.25, -0.2) is 13.2 Å². The van der Waals surface area contributed by atoms with Crippen molar-refractivity contribution >= 4 is 38.5 Å². The van der Waals surface area contributed by atoms with E-state index in [1.54, 1.807) is 43.3 Å². The molecule has 0 aliphatic heterocycles. The number of benzene rings is 2. The van der Waals surface area contributed by atoms with Crippen molar-refractivity contribution < 1.29 is 22.7 Å². The lowest BCUT2D eigenvalue weighted by Gasteiger charge is -2.13. The fourth-order valence-electron chi connectivity index (χ4n) is 2.92. The molecule has 3 rings (SSSR count). The van der Waals surface area contributed by atoms with Gasteiger partial charge in [0, 0.05) is 24.5 Å². The van der Waals surface area contributed by atoms with E-state index in [0.717, 1.165) is 0 Å². The van der Waals surface area contributed by atoms with Crippen LogP contribution in [0.15, 0.2) is 59.6 Å². The van der Waals surface area contributed by atoms with E-state index in [-0.39, 0.29) is 28.6 Å². The second-order valence-electron chi connectivity index (χ2n) is 6.48. The molecule has 0 bridgehead atoms. The van der Waals surface area contributed by atoms with E-state index in [2.05, 4.69) is 15.0 Å². The van der Waals surface area contributed by atoms with Gasteiger partial charge in [0.05, 0.1) is 23.9 Å². The summed E-state index contributed by atoms with van der Waals surface area (Å²) in [5.41, 5.74) is 1.22. The highest BCUT2D eigenvalue weighted by atomic mass is 32.2. The predicted molar refractivity (Wildman–Crippen MR) is 112 cm³/mol. The van der Waals surface area contributed by atoms with Gasteiger partial charge in [-0.3, -0.25) is 14.5 Å². The minimum Gasteiger partial charge on any atom is -0.465 e. The zero-order valence-electron chi connectivity index (χ0n) is 16.5. The Hall–Kier alpha value is -3.46. The van der Waals surface area contributed by atoms with E-state index in [9.17, 15) is 18.0 Å². The molecule has 2 aromatic carbocycles. The first-order chi connectivity index (χ1) is 14.3. The standard InChI is InChI=1S/C21H21N3O5S/c1-3-19(25)23-13-14-10-16(21(26)29-2)12-17(11-14)24-30(27,28)18-8-4-6-15-7-5-9-22-20(15)18/h4-12,24H,3,13H2,1-2H3,(H,23,25). The summed E-state index contributed by atoms with van der Waals surface area (Å²) in [4.78, 5) is 27.8. The van der Waals surface area contributed by atoms with Crippen LogP contribution >= 0.6 is 0 Å². The van der Waals surface area contributed by atoms with Gasteiger partial charge in [0.25, 0.3) is 10.0 Å². The second kappa shape index (κ2) is 8.91. The average molecular weight is 427 g/mol. The van der Waals surface area contributed by atoms with Crippen molar-refractivity contribution in [3.8, 4) is 0 Å². The zero-order valence-corrected chi connectivity index (χ0v) is 17.3. The van der Waals surface area contributed by atoms with Gasteiger partial charge in [-0.2, -0.15) is 0 Å². The maximum atomic E-state index is 13.1. The summed E-state index contributed by atoms with van der Waals surface area (Å²) in [7, 11) is -2.76. The van der Waals surface area contributed by atoms with Gasteiger partial charge in [-0.05, 0) is 35.9 Å². The van der Waals surface area contributed by atoms with Crippen LogP contribution in [-0.2, 0) is 26.1 Å². The van der Waals surface area contributed by atoms with Crippen molar-refractivity contribution in [3.05, 3.63) is 65.9 Å². The second-order valence-corrected chi connectivity index (χ2v) is 8.13. The van der Waals surface area contributed by atoms with Crippen molar-refractivity contribution in [2.75, 3.05) is 11.8 Å². The summed E-state index contributed by atoms with van der Waals surface area (Å²) in [6, 6.07) is 12.8. The fourth-order valence-corrected chi connectivity index (χ4v) is 4.14. The summed E-state index contributed by atoms with van der Waals surface area (Å²) in [5, 5.41) is 3.39. The monoisotopic (exact) mass is 427 g/mol. The van der Waals surface area contributed by atoms with Crippen LogP contribution in [0.1, 0.15) is 29.3 Å². The summed E-state index contributed by atoms with van der Waals surface area (Å²) in [5.74, 6) is -0.784. The smallest absolute Gasteiger partial charge is 0.337 e. The summed E-state index contributed by atoms with van der Waals surface area (Å²) >= 11 is 0. The van der Waals surface area contributed by atoms with Crippen LogP contribution in [0, 0.1) is 0 Å². The van der Waals surface area contributed by atoms with E-state index in [0.29, 0.717) is 22.9 Å². The number of methoxy groups -OCH3 is 1. The van der Waals surface area contributed by atoms with Gasteiger partial charge in [0.1, 0.15) is 4.90 Å². The number of pyridine rings is 1. The van der Waals surface area contributed by atoms with Crippen LogP contribution in [-0.4, -0.2) is 32.4 Å². The molecule has 0 atom stereocenters. The summed E-state index contributed by atoms with van der Waals surface area (Å²) in [6.45, 7) is 1.86. The lowest BCUT2D eigenvalue weighted by atomic mass is 10.1. The maximum absolute atomic E-state index is 13.1. The predicted octanol–water partition coefficient (Wildman–Crippen LogP) is 2.85. The first-order valence-electron chi connectivity index (χ1n) is 9.19. The number of hydrogen-bond acceptors (Lipinski definition) is 6. The Bertz CT molecular complexity index is 1200. The SMILES string of the molecule is CCC(=O)NCc1cc(NS(=O)(=O)c2cccc3cccnc23)cc(C(=O)OC)c1. The van der Waals surface area contributed by atoms with Gasteiger partial charge >= 0.3 is 5.97 Å². The molecule has 3 aromatic rings. The zero-order chi connectivity index (χ0) is 21.7. The minimum atomic E-state index is -3.99. The van der Waals surface area contributed by atoms with E-state index >= 15 is 0 Å². The molecule has 0 unspecified atom stereocenters. The minimum absolute atomic E-state index is 0.0184. The van der Waals surface area contributed by atoms with E-state index < -0.39 is 16.0 Å². The van der Waals surface area contributed by atoms with E-state index in [4.69, 9.17) is 4.74 Å². The van der Waals surface area contributed by atoms with Crippen LogP contribution in [0.25, 0.3) is 10.9 Å². The molecule has 156 valence electrons. The van der Waals surface area contributed by atoms with Crippen molar-refractivity contribution in [2.45, 2.75) is 24.8 Å². The molecular weight excluding hydrogens is 406 g/mol. The molecule has 0 spiro atoms. The number of ether oxygens (including phenoxy) is 1. The number of fused-ring (bicyclic) bond motifs is 1. The first kappa shape index (κ1) is 21.3. The van der Waals surface area contributed by atoms with Crippen LogP contribution in [0.3, 0.4) is 0 Å². The Morgan fingerprint density at radius 1 is 1.10 bits per heavy atom. The highest BCUT2D eigenvalue weighted by Gasteiger charge is 2.20. The third kappa shape index (κ3) is 4.74. The molecular formula is C21H21N3O5S. The Morgan fingerprint density at radius 3 is 2.60 bits per heavy atom. The molecule has 0 fully saturated rings. The normalized spacial score (nSPS) is 11.1. The van der Waals surface area contributed by atoms with Crippen LogP contribution < -0.4 is 10.0 Å². The lowest BCUT2D eigenvalue weighted by Crippen LogP contribution is -2.22. The number of sulfonamides is 1. The number of para-hydroxylation sites is 1. The number of aromatic nitrogens is 1. The van der Waals surface area contributed by atoms with Crippen LogP contribution in [0.5, 0.6) is 0 Å². The van der Waals surface area contributed by atoms with Crippen molar-refractivity contribution in [3.63, 3.8) is 0 Å². The summed E-state index contributed by atoms with van der Waals surface area (Å²) < 4.78 is 33.4.